The summed E-state index contributed by atoms with van der Waals surface area (Å²) in [5.74, 6) is 1.12. The SMILES string of the molecule is COCCCOc1cc(C[C@@H](C[C@H](NC(=O)OC(C)(C)C)[C@@H](O)C[C@H](C(=O)NC(C)CN2CCOCC2)C(C)C)C(C)C)ccc1OC. The molecule has 0 saturated carbocycles. The lowest BCUT2D eigenvalue weighted by atomic mass is 9.80. The molecule has 0 aliphatic carbocycles. The Kier molecular flexibility index (Phi) is 18.0. The fraction of sp³-hybridized carbons (Fsp3) is 0.784. The molecule has 2 amide bonds. The number of amides is 2. The molecule has 1 aliphatic heterocycles. The second-order valence-corrected chi connectivity index (χ2v) is 14.9. The van der Waals surface area contributed by atoms with Crippen LogP contribution in [0.4, 0.5) is 4.79 Å². The molecule has 1 saturated heterocycles. The molecule has 1 heterocycles. The molecule has 1 fully saturated rings. The Morgan fingerprint density at radius 3 is 2.23 bits per heavy atom. The number of carbonyl (C=O) groups is 2. The molecule has 48 heavy (non-hydrogen) atoms. The average molecular weight is 680 g/mol. The largest absolute Gasteiger partial charge is 0.493 e. The molecular formula is C37H65N3O8. The highest BCUT2D eigenvalue weighted by molar-refractivity contribution is 5.79. The zero-order valence-corrected chi connectivity index (χ0v) is 31.3. The molecule has 1 unspecified atom stereocenters. The van der Waals surface area contributed by atoms with Gasteiger partial charge in [-0.3, -0.25) is 9.69 Å². The van der Waals surface area contributed by atoms with E-state index in [2.05, 4.69) is 29.4 Å². The maximum Gasteiger partial charge on any atom is 0.407 e. The Hall–Kier alpha value is -2.60. The summed E-state index contributed by atoms with van der Waals surface area (Å²) in [6.45, 7) is 20.7. The number of methoxy groups -OCH3 is 2. The summed E-state index contributed by atoms with van der Waals surface area (Å²) in [5, 5.41) is 17.9. The zero-order chi connectivity index (χ0) is 35.9. The Morgan fingerprint density at radius 2 is 1.65 bits per heavy atom. The molecule has 1 aromatic rings. The van der Waals surface area contributed by atoms with Gasteiger partial charge < -0.3 is 39.4 Å². The number of rotatable bonds is 20. The minimum atomic E-state index is -0.970. The standard InChI is InChI=1S/C37H65N3O8/c1-25(2)29(20-28-12-13-33(45-10)34(21-28)47-17-11-16-44-9)22-31(39-36(43)48-37(6,7)8)32(41)23-30(26(3)4)35(42)38-27(5)24-40-14-18-46-19-15-40/h12-13,21,25-27,29-32,41H,11,14-20,22-24H2,1-10H3,(H,38,42)(H,39,43)/t27?,29-,30-,31-,32-/m0/s1. The molecule has 0 radical (unpaired) electrons. The van der Waals surface area contributed by atoms with E-state index >= 15 is 0 Å². The maximum absolute atomic E-state index is 13.6. The highest BCUT2D eigenvalue weighted by Crippen LogP contribution is 2.32. The van der Waals surface area contributed by atoms with Gasteiger partial charge in [-0.2, -0.15) is 0 Å². The van der Waals surface area contributed by atoms with Gasteiger partial charge in [0.05, 0.1) is 39.1 Å². The van der Waals surface area contributed by atoms with E-state index in [-0.39, 0.29) is 36.1 Å². The molecule has 2 rings (SSSR count). The molecule has 3 N–H and O–H groups in total. The maximum atomic E-state index is 13.6. The van der Waals surface area contributed by atoms with Crippen LogP contribution in [0.25, 0.3) is 0 Å². The number of carbonyl (C=O) groups excluding carboxylic acids is 2. The third kappa shape index (κ3) is 15.3. The molecule has 0 aromatic heterocycles. The Bertz CT molecular complexity index is 1090. The molecule has 276 valence electrons. The van der Waals surface area contributed by atoms with Crippen LogP contribution in [0.15, 0.2) is 18.2 Å². The first-order valence-electron chi connectivity index (χ1n) is 17.7. The number of nitrogens with zero attached hydrogens (tertiary/aromatic N) is 1. The Balaban J connectivity index is 2.23. The first-order valence-corrected chi connectivity index (χ1v) is 17.7. The van der Waals surface area contributed by atoms with Crippen molar-refractivity contribution in [2.75, 3.05) is 60.3 Å². The smallest absolute Gasteiger partial charge is 0.407 e. The summed E-state index contributed by atoms with van der Waals surface area (Å²) < 4.78 is 27.8. The lowest BCUT2D eigenvalue weighted by Crippen LogP contribution is -2.50. The van der Waals surface area contributed by atoms with E-state index in [0.717, 1.165) is 31.6 Å². The number of aliphatic hydroxyl groups excluding tert-OH is 1. The van der Waals surface area contributed by atoms with Crippen molar-refractivity contribution in [2.24, 2.45) is 23.7 Å². The van der Waals surface area contributed by atoms with Crippen LogP contribution in [-0.2, 0) is 25.4 Å². The average Bonchev–Trinajstić information content (AvgIpc) is 3.00. The number of morpholine rings is 1. The summed E-state index contributed by atoms with van der Waals surface area (Å²) in [5.41, 5.74) is 0.368. The summed E-state index contributed by atoms with van der Waals surface area (Å²) in [6, 6.07) is 5.27. The topological polar surface area (TPSA) is 128 Å². The van der Waals surface area contributed by atoms with Crippen molar-refractivity contribution in [3.05, 3.63) is 23.8 Å². The van der Waals surface area contributed by atoms with Gasteiger partial charge in [0.15, 0.2) is 11.5 Å². The number of benzene rings is 1. The van der Waals surface area contributed by atoms with Crippen LogP contribution in [0.1, 0.15) is 80.2 Å². The summed E-state index contributed by atoms with van der Waals surface area (Å²) in [7, 11) is 3.29. The molecule has 0 spiro atoms. The molecule has 1 aliphatic rings. The van der Waals surface area contributed by atoms with Crippen LogP contribution in [0.3, 0.4) is 0 Å². The minimum Gasteiger partial charge on any atom is -0.493 e. The van der Waals surface area contributed by atoms with Crippen LogP contribution in [-0.4, -0.2) is 106 Å². The van der Waals surface area contributed by atoms with Crippen molar-refractivity contribution in [3.63, 3.8) is 0 Å². The number of alkyl carbamates (subject to hydrolysis) is 1. The molecule has 1 aromatic carbocycles. The van der Waals surface area contributed by atoms with Crippen molar-refractivity contribution in [1.29, 1.82) is 0 Å². The van der Waals surface area contributed by atoms with E-state index in [1.807, 2.05) is 59.7 Å². The van der Waals surface area contributed by atoms with Crippen molar-refractivity contribution in [1.82, 2.24) is 15.5 Å². The van der Waals surface area contributed by atoms with E-state index in [1.54, 1.807) is 14.2 Å². The lowest BCUT2D eigenvalue weighted by Gasteiger charge is -2.34. The highest BCUT2D eigenvalue weighted by atomic mass is 16.6. The van der Waals surface area contributed by atoms with Crippen molar-refractivity contribution in [2.45, 2.75) is 105 Å². The second kappa shape index (κ2) is 20.8. The lowest BCUT2D eigenvalue weighted by molar-refractivity contribution is -0.128. The number of hydrogen-bond donors (Lipinski definition) is 3. The van der Waals surface area contributed by atoms with Gasteiger partial charge in [0.1, 0.15) is 5.60 Å². The first-order chi connectivity index (χ1) is 22.6. The van der Waals surface area contributed by atoms with Gasteiger partial charge in [0.2, 0.25) is 5.91 Å². The van der Waals surface area contributed by atoms with Gasteiger partial charge in [0.25, 0.3) is 0 Å². The van der Waals surface area contributed by atoms with E-state index < -0.39 is 29.8 Å². The van der Waals surface area contributed by atoms with Gasteiger partial charge in [-0.15, -0.1) is 0 Å². The van der Waals surface area contributed by atoms with Crippen LogP contribution in [0, 0.1) is 23.7 Å². The second-order valence-electron chi connectivity index (χ2n) is 14.9. The van der Waals surface area contributed by atoms with Gasteiger partial charge in [-0.1, -0.05) is 33.8 Å². The first kappa shape index (κ1) is 41.6. The quantitative estimate of drug-likeness (QED) is 0.162. The third-order valence-corrected chi connectivity index (χ3v) is 8.80. The Labute approximate surface area is 289 Å². The van der Waals surface area contributed by atoms with Crippen LogP contribution in [0.5, 0.6) is 11.5 Å². The number of hydrogen-bond acceptors (Lipinski definition) is 9. The summed E-state index contributed by atoms with van der Waals surface area (Å²) >= 11 is 0. The zero-order valence-electron chi connectivity index (χ0n) is 31.3. The van der Waals surface area contributed by atoms with E-state index in [1.165, 1.54) is 0 Å². The monoisotopic (exact) mass is 679 g/mol. The van der Waals surface area contributed by atoms with Crippen LogP contribution in [0.2, 0.25) is 0 Å². The minimum absolute atomic E-state index is 0.0140. The predicted octanol–water partition coefficient (Wildman–Crippen LogP) is 5.07. The number of ether oxygens (including phenoxy) is 5. The summed E-state index contributed by atoms with van der Waals surface area (Å²) in [6.07, 6.45) is 0.602. The molecular weight excluding hydrogens is 614 g/mol. The molecule has 5 atom stereocenters. The van der Waals surface area contributed by atoms with Crippen molar-refractivity contribution in [3.8, 4) is 11.5 Å². The normalized spacial score (nSPS) is 17.4. The van der Waals surface area contributed by atoms with Crippen LogP contribution < -0.4 is 20.1 Å². The predicted molar refractivity (Wildman–Crippen MR) is 189 cm³/mol. The molecule has 11 heteroatoms. The van der Waals surface area contributed by atoms with Crippen molar-refractivity contribution >= 4 is 12.0 Å². The van der Waals surface area contributed by atoms with E-state index in [9.17, 15) is 14.7 Å². The number of aliphatic hydroxyl groups is 1. The van der Waals surface area contributed by atoms with Gasteiger partial charge in [-0.05, 0) is 82.4 Å². The van der Waals surface area contributed by atoms with E-state index in [4.69, 9.17) is 23.7 Å². The highest BCUT2D eigenvalue weighted by Gasteiger charge is 2.34. The van der Waals surface area contributed by atoms with Crippen LogP contribution >= 0.6 is 0 Å². The van der Waals surface area contributed by atoms with Gasteiger partial charge in [-0.25, -0.2) is 4.79 Å². The fourth-order valence-electron chi connectivity index (χ4n) is 6.01. The number of nitrogens with one attached hydrogen (secondary N) is 2. The Morgan fingerprint density at radius 1 is 0.958 bits per heavy atom. The molecule has 11 nitrogen and oxygen atoms in total. The summed E-state index contributed by atoms with van der Waals surface area (Å²) in [4.78, 5) is 28.9. The van der Waals surface area contributed by atoms with E-state index in [0.29, 0.717) is 50.8 Å². The fourth-order valence-corrected chi connectivity index (χ4v) is 6.01. The van der Waals surface area contributed by atoms with Gasteiger partial charge >= 0.3 is 6.09 Å². The van der Waals surface area contributed by atoms with Gasteiger partial charge in [0, 0.05) is 51.7 Å². The third-order valence-electron chi connectivity index (χ3n) is 8.80. The van der Waals surface area contributed by atoms with Crippen molar-refractivity contribution < 1.29 is 38.4 Å². The molecule has 0 bridgehead atoms.